The number of amides is 2. The zero-order valence-corrected chi connectivity index (χ0v) is 7.15. The highest BCUT2D eigenvalue weighted by Crippen LogP contribution is 2.08. The molecular formula is C7H12N2O3. The molecule has 1 aliphatic heterocycles. The van der Waals surface area contributed by atoms with E-state index in [1.54, 1.807) is 18.9 Å². The minimum atomic E-state index is -1.02. The van der Waals surface area contributed by atoms with Crippen LogP contribution < -0.4 is 0 Å². The molecular weight excluding hydrogens is 160 g/mol. The number of piperazine rings is 1. The van der Waals surface area contributed by atoms with Crippen LogP contribution in [0.2, 0.25) is 0 Å². The van der Waals surface area contributed by atoms with Gasteiger partial charge in [-0.1, -0.05) is 0 Å². The van der Waals surface area contributed by atoms with Gasteiger partial charge in [0.05, 0.1) is 0 Å². The second kappa shape index (κ2) is 3.00. The van der Waals surface area contributed by atoms with Crippen molar-refractivity contribution in [2.75, 3.05) is 20.1 Å². The molecule has 1 atom stereocenters. The van der Waals surface area contributed by atoms with Crippen LogP contribution >= 0.6 is 0 Å². The van der Waals surface area contributed by atoms with Crippen molar-refractivity contribution in [3.05, 3.63) is 0 Å². The van der Waals surface area contributed by atoms with Crippen molar-refractivity contribution < 1.29 is 14.7 Å². The highest BCUT2D eigenvalue weighted by Gasteiger charge is 2.32. The number of carbonyl (C=O) groups excluding carboxylic acids is 1. The van der Waals surface area contributed by atoms with Crippen LogP contribution in [-0.2, 0) is 4.79 Å². The van der Waals surface area contributed by atoms with Gasteiger partial charge in [-0.2, -0.15) is 0 Å². The van der Waals surface area contributed by atoms with Crippen molar-refractivity contribution >= 4 is 12.0 Å². The van der Waals surface area contributed by atoms with E-state index < -0.39 is 12.1 Å². The molecule has 1 fully saturated rings. The van der Waals surface area contributed by atoms with Gasteiger partial charge in [-0.3, -0.25) is 9.69 Å². The van der Waals surface area contributed by atoms with E-state index in [4.69, 9.17) is 5.11 Å². The molecule has 0 aromatic carbocycles. The lowest BCUT2D eigenvalue weighted by atomic mass is 10.2. The fourth-order valence-corrected chi connectivity index (χ4v) is 1.28. The van der Waals surface area contributed by atoms with Gasteiger partial charge in [0.2, 0.25) is 5.91 Å². The molecule has 0 spiro atoms. The van der Waals surface area contributed by atoms with Crippen molar-refractivity contribution in [1.82, 2.24) is 9.80 Å². The van der Waals surface area contributed by atoms with Crippen molar-refractivity contribution in [3.8, 4) is 0 Å². The third kappa shape index (κ3) is 1.34. The van der Waals surface area contributed by atoms with Crippen molar-refractivity contribution in [1.29, 1.82) is 0 Å². The number of carboxylic acid groups (broad SMARTS) is 1. The number of rotatable bonds is 0. The maximum absolute atomic E-state index is 11.3. The monoisotopic (exact) mass is 172 g/mol. The van der Waals surface area contributed by atoms with E-state index in [0.29, 0.717) is 13.1 Å². The molecule has 0 aromatic rings. The molecule has 1 unspecified atom stereocenters. The van der Waals surface area contributed by atoms with Crippen LogP contribution in [0.3, 0.4) is 0 Å². The largest absolute Gasteiger partial charge is 0.465 e. The summed E-state index contributed by atoms with van der Waals surface area (Å²) in [4.78, 5) is 24.5. The van der Waals surface area contributed by atoms with Crippen LogP contribution in [0.4, 0.5) is 4.79 Å². The first kappa shape index (κ1) is 8.83. The Morgan fingerprint density at radius 1 is 1.58 bits per heavy atom. The zero-order chi connectivity index (χ0) is 9.30. The second-order valence-corrected chi connectivity index (χ2v) is 2.91. The van der Waals surface area contributed by atoms with Gasteiger partial charge >= 0.3 is 6.09 Å². The molecule has 0 bridgehead atoms. The van der Waals surface area contributed by atoms with Gasteiger partial charge < -0.3 is 10.0 Å². The zero-order valence-electron chi connectivity index (χ0n) is 7.15. The highest BCUT2D eigenvalue weighted by atomic mass is 16.4. The minimum Gasteiger partial charge on any atom is -0.465 e. The number of carbonyl (C=O) groups is 2. The number of nitrogens with zero attached hydrogens (tertiary/aromatic N) is 2. The third-order valence-corrected chi connectivity index (χ3v) is 2.12. The van der Waals surface area contributed by atoms with Crippen LogP contribution in [0.1, 0.15) is 6.92 Å². The molecule has 12 heavy (non-hydrogen) atoms. The van der Waals surface area contributed by atoms with Crippen LogP contribution in [0.5, 0.6) is 0 Å². The van der Waals surface area contributed by atoms with Gasteiger partial charge in [-0.05, 0) is 6.92 Å². The van der Waals surface area contributed by atoms with E-state index in [9.17, 15) is 9.59 Å². The Hall–Kier alpha value is -1.26. The second-order valence-electron chi connectivity index (χ2n) is 2.91. The standard InChI is InChI=1S/C7H12N2O3/c1-5-6(10)8(2)3-4-9(5)7(11)12/h5H,3-4H2,1-2H3,(H,11,12). The Labute approximate surface area is 70.6 Å². The van der Waals surface area contributed by atoms with Crippen LogP contribution in [0, 0.1) is 0 Å². The van der Waals surface area contributed by atoms with E-state index in [1.807, 2.05) is 0 Å². The molecule has 1 saturated heterocycles. The molecule has 5 heteroatoms. The topological polar surface area (TPSA) is 60.9 Å². The first-order valence-corrected chi connectivity index (χ1v) is 3.78. The Morgan fingerprint density at radius 3 is 2.67 bits per heavy atom. The lowest BCUT2D eigenvalue weighted by Gasteiger charge is -2.35. The molecule has 2 amide bonds. The predicted octanol–water partition coefficient (Wildman–Crippen LogP) is -0.173. The lowest BCUT2D eigenvalue weighted by Crippen LogP contribution is -2.55. The molecule has 0 aromatic heterocycles. The molecule has 0 aliphatic carbocycles. The maximum Gasteiger partial charge on any atom is 0.408 e. The predicted molar refractivity (Wildman–Crippen MR) is 41.8 cm³/mol. The van der Waals surface area contributed by atoms with Gasteiger partial charge in [0, 0.05) is 20.1 Å². The highest BCUT2D eigenvalue weighted by molar-refractivity contribution is 5.85. The maximum atomic E-state index is 11.3. The summed E-state index contributed by atoms with van der Waals surface area (Å²) < 4.78 is 0. The normalized spacial score (nSPS) is 24.5. The summed E-state index contributed by atoms with van der Waals surface area (Å²) in [5.41, 5.74) is 0. The first-order chi connectivity index (χ1) is 5.54. The van der Waals surface area contributed by atoms with Gasteiger partial charge in [0.1, 0.15) is 6.04 Å². The van der Waals surface area contributed by atoms with Crippen LogP contribution in [0.15, 0.2) is 0 Å². The van der Waals surface area contributed by atoms with E-state index in [0.717, 1.165) is 4.90 Å². The number of likely N-dealkylation sites (N-methyl/N-ethyl adjacent to an activating group) is 1. The Kier molecular flexibility index (Phi) is 2.21. The van der Waals surface area contributed by atoms with Crippen LogP contribution in [0.25, 0.3) is 0 Å². The summed E-state index contributed by atoms with van der Waals surface area (Å²) in [6, 6.07) is -0.541. The molecule has 1 heterocycles. The summed E-state index contributed by atoms with van der Waals surface area (Å²) in [7, 11) is 1.68. The lowest BCUT2D eigenvalue weighted by molar-refractivity contribution is -0.138. The Bertz CT molecular complexity index is 217. The average Bonchev–Trinajstić information content (AvgIpc) is 2.00. The molecule has 1 N–H and O–H groups in total. The summed E-state index contributed by atoms with van der Waals surface area (Å²) in [6.45, 7) is 2.49. The molecule has 5 nitrogen and oxygen atoms in total. The van der Waals surface area contributed by atoms with Gasteiger partial charge in [-0.25, -0.2) is 4.79 Å². The van der Waals surface area contributed by atoms with Gasteiger partial charge in [0.15, 0.2) is 0 Å². The fraction of sp³-hybridized carbons (Fsp3) is 0.714. The minimum absolute atomic E-state index is 0.136. The van der Waals surface area contributed by atoms with Crippen molar-refractivity contribution in [3.63, 3.8) is 0 Å². The quantitative estimate of drug-likeness (QED) is 0.551. The summed E-state index contributed by atoms with van der Waals surface area (Å²) >= 11 is 0. The molecule has 68 valence electrons. The summed E-state index contributed by atoms with van der Waals surface area (Å²) in [5.74, 6) is -0.136. The summed E-state index contributed by atoms with van der Waals surface area (Å²) in [5, 5.41) is 8.67. The van der Waals surface area contributed by atoms with Gasteiger partial charge in [0.25, 0.3) is 0 Å². The third-order valence-electron chi connectivity index (χ3n) is 2.12. The van der Waals surface area contributed by atoms with Crippen LogP contribution in [-0.4, -0.2) is 53.1 Å². The van der Waals surface area contributed by atoms with E-state index in [-0.39, 0.29) is 5.91 Å². The SMILES string of the molecule is CC1C(=O)N(C)CCN1C(=O)O. The van der Waals surface area contributed by atoms with E-state index >= 15 is 0 Å². The molecule has 1 aliphatic rings. The van der Waals surface area contributed by atoms with Crippen molar-refractivity contribution in [2.24, 2.45) is 0 Å². The number of hydrogen-bond acceptors (Lipinski definition) is 2. The Morgan fingerprint density at radius 2 is 2.17 bits per heavy atom. The van der Waals surface area contributed by atoms with Crippen molar-refractivity contribution in [2.45, 2.75) is 13.0 Å². The smallest absolute Gasteiger partial charge is 0.408 e. The number of hydrogen-bond donors (Lipinski definition) is 1. The molecule has 0 radical (unpaired) electrons. The van der Waals surface area contributed by atoms with Gasteiger partial charge in [-0.15, -0.1) is 0 Å². The molecule has 1 rings (SSSR count). The average molecular weight is 172 g/mol. The van der Waals surface area contributed by atoms with E-state index in [2.05, 4.69) is 0 Å². The Balaban J connectivity index is 2.71. The first-order valence-electron chi connectivity index (χ1n) is 3.78. The summed E-state index contributed by atoms with van der Waals surface area (Å²) in [6.07, 6.45) is -1.02. The molecule has 0 saturated carbocycles. The van der Waals surface area contributed by atoms with E-state index in [1.165, 1.54) is 0 Å². The fourth-order valence-electron chi connectivity index (χ4n) is 1.28.